The van der Waals surface area contributed by atoms with Crippen molar-refractivity contribution in [3.63, 3.8) is 0 Å². The number of nitrogens with one attached hydrogen (secondary N) is 3. The topological polar surface area (TPSA) is 83.1 Å². The van der Waals surface area contributed by atoms with Crippen LogP contribution in [0.4, 0.5) is 17.2 Å². The number of aryl methyl sites for hydroxylation is 2. The normalized spacial score (nSPS) is 12.8. The molecule has 6 nitrogen and oxygen atoms in total. The van der Waals surface area contributed by atoms with Crippen molar-refractivity contribution < 1.29 is 9.59 Å². The van der Waals surface area contributed by atoms with Crippen molar-refractivity contribution in [1.29, 1.82) is 0 Å². The smallest absolute Gasteiger partial charge is 0.258 e. The summed E-state index contributed by atoms with van der Waals surface area (Å²) in [4.78, 5) is 28.3. The maximum atomic E-state index is 12.7. The van der Waals surface area contributed by atoms with E-state index in [0.717, 1.165) is 36.2 Å². The second kappa shape index (κ2) is 6.70. The lowest BCUT2D eigenvalue weighted by atomic mass is 9.98. The Labute approximate surface area is 140 Å². The summed E-state index contributed by atoms with van der Waals surface area (Å²) in [5.74, 6) is -0.0213. The van der Waals surface area contributed by atoms with Crippen molar-refractivity contribution in [3.05, 3.63) is 47.2 Å². The van der Waals surface area contributed by atoms with Crippen molar-refractivity contribution in [3.8, 4) is 0 Å². The van der Waals surface area contributed by atoms with Gasteiger partial charge in [-0.3, -0.25) is 9.59 Å². The van der Waals surface area contributed by atoms with Crippen LogP contribution in [0.1, 0.15) is 34.8 Å². The third-order valence-corrected chi connectivity index (χ3v) is 3.89. The Morgan fingerprint density at radius 1 is 1.21 bits per heavy atom. The molecule has 1 aliphatic rings. The van der Waals surface area contributed by atoms with Gasteiger partial charge in [-0.25, -0.2) is 4.98 Å². The molecule has 1 aliphatic heterocycles. The van der Waals surface area contributed by atoms with Gasteiger partial charge in [-0.05, 0) is 49.1 Å². The number of benzene rings is 1. The number of anilines is 3. The Balaban J connectivity index is 1.93. The van der Waals surface area contributed by atoms with Gasteiger partial charge in [-0.1, -0.05) is 6.07 Å². The van der Waals surface area contributed by atoms with Gasteiger partial charge in [-0.15, -0.1) is 0 Å². The van der Waals surface area contributed by atoms with Crippen LogP contribution in [0.2, 0.25) is 0 Å². The Kier molecular flexibility index (Phi) is 4.46. The second-order valence-electron chi connectivity index (χ2n) is 5.94. The number of carbonyl (C=O) groups is 2. The minimum Gasteiger partial charge on any atom is -0.385 e. The zero-order valence-corrected chi connectivity index (χ0v) is 13.8. The van der Waals surface area contributed by atoms with Crippen LogP contribution in [0.25, 0.3) is 0 Å². The second-order valence-corrected chi connectivity index (χ2v) is 5.94. The summed E-state index contributed by atoms with van der Waals surface area (Å²) in [7, 11) is 0. The van der Waals surface area contributed by atoms with Crippen molar-refractivity contribution in [2.24, 2.45) is 0 Å². The lowest BCUT2D eigenvalue weighted by molar-refractivity contribution is -0.114. The standard InChI is InChI=1S/C18H20N4O2/c1-11-5-6-17(20-10-11)22-18(24)14-8-13-4-3-7-19-15(13)9-16(14)21-12(2)23/h5-6,8-10,19H,3-4,7H2,1-2H3,(H,21,23)(H,20,22,24). The molecular weight excluding hydrogens is 304 g/mol. The molecular formula is C18H20N4O2. The first-order valence-electron chi connectivity index (χ1n) is 7.95. The van der Waals surface area contributed by atoms with Gasteiger partial charge in [-0.2, -0.15) is 0 Å². The predicted octanol–water partition coefficient (Wildman–Crippen LogP) is 2.96. The number of carbonyl (C=O) groups excluding carboxylic acids is 2. The number of aromatic nitrogens is 1. The highest BCUT2D eigenvalue weighted by Crippen LogP contribution is 2.29. The SMILES string of the molecule is CC(=O)Nc1cc2c(cc1C(=O)Nc1ccc(C)cn1)CCCN2. The number of pyridine rings is 1. The summed E-state index contributed by atoms with van der Waals surface area (Å²) >= 11 is 0. The van der Waals surface area contributed by atoms with E-state index in [1.54, 1.807) is 12.3 Å². The maximum absolute atomic E-state index is 12.7. The molecule has 24 heavy (non-hydrogen) atoms. The van der Waals surface area contributed by atoms with Crippen LogP contribution < -0.4 is 16.0 Å². The molecule has 6 heteroatoms. The first-order valence-corrected chi connectivity index (χ1v) is 7.95. The van der Waals surface area contributed by atoms with Gasteiger partial charge in [0.25, 0.3) is 5.91 Å². The number of hydrogen-bond donors (Lipinski definition) is 3. The quantitative estimate of drug-likeness (QED) is 0.810. The van der Waals surface area contributed by atoms with Gasteiger partial charge in [0.1, 0.15) is 5.82 Å². The third-order valence-electron chi connectivity index (χ3n) is 3.89. The average molecular weight is 324 g/mol. The molecule has 0 spiro atoms. The molecule has 1 aromatic carbocycles. The van der Waals surface area contributed by atoms with Crippen molar-refractivity contribution in [2.45, 2.75) is 26.7 Å². The van der Waals surface area contributed by atoms with Crippen LogP contribution in [-0.4, -0.2) is 23.3 Å². The number of amides is 2. The van der Waals surface area contributed by atoms with Gasteiger partial charge in [0.2, 0.25) is 5.91 Å². The summed E-state index contributed by atoms with van der Waals surface area (Å²) in [5, 5.41) is 8.83. The molecule has 0 aliphatic carbocycles. The number of nitrogens with zero attached hydrogens (tertiary/aromatic N) is 1. The summed E-state index contributed by atoms with van der Waals surface area (Å²) in [6.45, 7) is 4.26. The minimum absolute atomic E-state index is 0.215. The van der Waals surface area contributed by atoms with Gasteiger partial charge in [0.15, 0.2) is 0 Å². The molecule has 2 heterocycles. The van der Waals surface area contributed by atoms with Crippen molar-refractivity contribution >= 4 is 29.0 Å². The van der Waals surface area contributed by atoms with E-state index in [-0.39, 0.29) is 11.8 Å². The number of rotatable bonds is 3. The molecule has 0 unspecified atom stereocenters. The zero-order chi connectivity index (χ0) is 17.1. The lowest BCUT2D eigenvalue weighted by Crippen LogP contribution is -2.20. The molecule has 0 bridgehead atoms. The van der Waals surface area contributed by atoms with Crippen LogP contribution in [-0.2, 0) is 11.2 Å². The highest BCUT2D eigenvalue weighted by atomic mass is 16.2. The molecule has 3 N–H and O–H groups in total. The van der Waals surface area contributed by atoms with Crippen LogP contribution >= 0.6 is 0 Å². The van der Waals surface area contributed by atoms with Gasteiger partial charge >= 0.3 is 0 Å². The molecule has 3 rings (SSSR count). The van der Waals surface area contributed by atoms with E-state index in [2.05, 4.69) is 20.9 Å². The first-order chi connectivity index (χ1) is 11.5. The summed E-state index contributed by atoms with van der Waals surface area (Å²) < 4.78 is 0. The van der Waals surface area contributed by atoms with E-state index in [1.807, 2.05) is 25.1 Å². The van der Waals surface area contributed by atoms with Crippen molar-refractivity contribution in [1.82, 2.24) is 4.98 Å². The fraction of sp³-hybridized carbons (Fsp3) is 0.278. The molecule has 2 aromatic rings. The number of fused-ring (bicyclic) bond motifs is 1. The molecule has 2 amide bonds. The van der Waals surface area contributed by atoms with E-state index in [1.165, 1.54) is 6.92 Å². The largest absolute Gasteiger partial charge is 0.385 e. The maximum Gasteiger partial charge on any atom is 0.258 e. The molecule has 124 valence electrons. The zero-order valence-electron chi connectivity index (χ0n) is 13.8. The average Bonchev–Trinajstić information content (AvgIpc) is 2.55. The van der Waals surface area contributed by atoms with E-state index < -0.39 is 0 Å². The molecule has 0 fully saturated rings. The summed E-state index contributed by atoms with van der Waals surface area (Å²) in [5.41, 5.74) is 4.01. The van der Waals surface area contributed by atoms with Crippen LogP contribution in [0.3, 0.4) is 0 Å². The Morgan fingerprint density at radius 2 is 2.04 bits per heavy atom. The van der Waals surface area contributed by atoms with Gasteiger partial charge in [0.05, 0.1) is 11.3 Å². The van der Waals surface area contributed by atoms with Crippen molar-refractivity contribution in [2.75, 3.05) is 22.5 Å². The minimum atomic E-state index is -0.288. The van der Waals surface area contributed by atoms with E-state index in [4.69, 9.17) is 0 Å². The Morgan fingerprint density at radius 3 is 2.75 bits per heavy atom. The first kappa shape index (κ1) is 16.0. The lowest BCUT2D eigenvalue weighted by Gasteiger charge is -2.21. The van der Waals surface area contributed by atoms with E-state index in [0.29, 0.717) is 17.1 Å². The van der Waals surface area contributed by atoms with E-state index in [9.17, 15) is 9.59 Å². The monoisotopic (exact) mass is 324 g/mol. The fourth-order valence-corrected chi connectivity index (χ4v) is 2.72. The molecule has 1 aromatic heterocycles. The molecule has 0 saturated heterocycles. The Hall–Kier alpha value is -2.89. The third kappa shape index (κ3) is 3.53. The van der Waals surface area contributed by atoms with Gasteiger partial charge < -0.3 is 16.0 Å². The summed E-state index contributed by atoms with van der Waals surface area (Å²) in [6, 6.07) is 7.31. The highest BCUT2D eigenvalue weighted by molar-refractivity contribution is 6.10. The van der Waals surface area contributed by atoms with Crippen LogP contribution in [0.15, 0.2) is 30.5 Å². The fourth-order valence-electron chi connectivity index (χ4n) is 2.72. The Bertz CT molecular complexity index is 784. The molecule has 0 atom stereocenters. The van der Waals surface area contributed by atoms with Gasteiger partial charge in [0, 0.05) is 25.4 Å². The highest BCUT2D eigenvalue weighted by Gasteiger charge is 2.18. The predicted molar refractivity (Wildman–Crippen MR) is 94.5 cm³/mol. The summed E-state index contributed by atoms with van der Waals surface area (Å²) in [6.07, 6.45) is 3.62. The molecule has 0 saturated carbocycles. The molecule has 0 radical (unpaired) electrons. The van der Waals surface area contributed by atoms with Crippen LogP contribution in [0.5, 0.6) is 0 Å². The number of hydrogen-bond acceptors (Lipinski definition) is 4. The van der Waals surface area contributed by atoms with E-state index >= 15 is 0 Å². The van der Waals surface area contributed by atoms with Crippen LogP contribution in [0, 0.1) is 6.92 Å².